The van der Waals surface area contributed by atoms with E-state index >= 15 is 0 Å². The Bertz CT molecular complexity index is 592. The summed E-state index contributed by atoms with van der Waals surface area (Å²) in [4.78, 5) is 12.1. The number of carbonyl (C=O) groups is 1. The van der Waals surface area contributed by atoms with Crippen LogP contribution in [0.1, 0.15) is 16.8 Å². The number of ketones is 1. The molecule has 0 aliphatic carbocycles. The fourth-order valence-corrected chi connectivity index (χ4v) is 2.21. The predicted octanol–water partition coefficient (Wildman–Crippen LogP) is 2.13. The highest BCUT2D eigenvalue weighted by Gasteiger charge is 2.24. The van der Waals surface area contributed by atoms with Gasteiger partial charge in [0.2, 0.25) is 0 Å². The van der Waals surface area contributed by atoms with Gasteiger partial charge in [0.15, 0.2) is 5.78 Å². The standard InChI is InChI=1S/C14H13NO2/c15-12-7-8-17-14-10-4-2-1-3-9(10)5-6-11(14)13(12)16/h1-6,12H,7-8,15H2/t12-/m1/s1. The highest BCUT2D eigenvalue weighted by molar-refractivity contribution is 6.07. The Hall–Kier alpha value is -1.87. The number of hydrogen-bond donors (Lipinski definition) is 1. The molecule has 0 saturated carbocycles. The summed E-state index contributed by atoms with van der Waals surface area (Å²) in [6.07, 6.45) is 0.571. The molecule has 1 aliphatic heterocycles. The number of ether oxygens (including phenoxy) is 1. The summed E-state index contributed by atoms with van der Waals surface area (Å²) in [6.45, 7) is 0.494. The predicted molar refractivity (Wildman–Crippen MR) is 66.4 cm³/mol. The van der Waals surface area contributed by atoms with Crippen LogP contribution in [0.25, 0.3) is 10.8 Å². The van der Waals surface area contributed by atoms with Gasteiger partial charge in [-0.25, -0.2) is 0 Å². The quantitative estimate of drug-likeness (QED) is 0.750. The maximum atomic E-state index is 12.1. The molecule has 0 aromatic heterocycles. The van der Waals surface area contributed by atoms with Crippen molar-refractivity contribution in [3.8, 4) is 5.75 Å². The van der Waals surface area contributed by atoms with Crippen molar-refractivity contribution in [2.24, 2.45) is 5.73 Å². The lowest BCUT2D eigenvalue weighted by atomic mass is 9.99. The first-order valence-electron chi connectivity index (χ1n) is 5.72. The van der Waals surface area contributed by atoms with Gasteiger partial charge in [-0.3, -0.25) is 4.79 Å². The number of hydrogen-bond acceptors (Lipinski definition) is 3. The molecule has 1 aliphatic rings. The highest BCUT2D eigenvalue weighted by atomic mass is 16.5. The number of benzene rings is 2. The first-order valence-corrected chi connectivity index (χ1v) is 5.72. The number of nitrogens with two attached hydrogens (primary N) is 1. The molecule has 2 N–H and O–H groups in total. The molecule has 0 fully saturated rings. The summed E-state index contributed by atoms with van der Waals surface area (Å²) in [6, 6.07) is 11.2. The van der Waals surface area contributed by atoms with Crippen LogP contribution < -0.4 is 10.5 Å². The summed E-state index contributed by atoms with van der Waals surface area (Å²) in [5.41, 5.74) is 6.41. The third kappa shape index (κ3) is 1.59. The van der Waals surface area contributed by atoms with Crippen LogP contribution in [-0.2, 0) is 0 Å². The van der Waals surface area contributed by atoms with Crippen LogP contribution in [0.4, 0.5) is 0 Å². The molecule has 0 radical (unpaired) electrons. The molecule has 0 unspecified atom stereocenters. The molecular weight excluding hydrogens is 214 g/mol. The smallest absolute Gasteiger partial charge is 0.183 e. The van der Waals surface area contributed by atoms with E-state index in [2.05, 4.69) is 0 Å². The Morgan fingerprint density at radius 1 is 1.18 bits per heavy atom. The monoisotopic (exact) mass is 227 g/mol. The van der Waals surface area contributed by atoms with E-state index in [9.17, 15) is 4.79 Å². The molecule has 2 aromatic rings. The van der Waals surface area contributed by atoms with E-state index < -0.39 is 6.04 Å². The van der Waals surface area contributed by atoms with Gasteiger partial charge in [0.25, 0.3) is 0 Å². The minimum Gasteiger partial charge on any atom is -0.492 e. The minimum atomic E-state index is -0.447. The van der Waals surface area contributed by atoms with E-state index in [0.717, 1.165) is 10.8 Å². The summed E-state index contributed by atoms with van der Waals surface area (Å²) in [5, 5.41) is 2.06. The molecular formula is C14H13NO2. The lowest BCUT2D eigenvalue weighted by molar-refractivity contribution is 0.0960. The maximum absolute atomic E-state index is 12.1. The second-order valence-electron chi connectivity index (χ2n) is 4.27. The number of rotatable bonds is 0. The van der Waals surface area contributed by atoms with Gasteiger partial charge in [-0.2, -0.15) is 0 Å². The van der Waals surface area contributed by atoms with Gasteiger partial charge >= 0.3 is 0 Å². The first-order chi connectivity index (χ1) is 8.27. The zero-order chi connectivity index (χ0) is 11.8. The normalized spacial score (nSPS) is 19.6. The van der Waals surface area contributed by atoms with E-state index in [-0.39, 0.29) is 5.78 Å². The number of Topliss-reactive ketones (excluding diaryl/α,β-unsaturated/α-hetero) is 1. The van der Waals surface area contributed by atoms with Crippen molar-refractivity contribution in [3.05, 3.63) is 42.0 Å². The molecule has 2 aromatic carbocycles. The summed E-state index contributed by atoms with van der Waals surface area (Å²) < 4.78 is 5.70. The van der Waals surface area contributed by atoms with Gasteiger partial charge in [0.05, 0.1) is 18.2 Å². The lowest BCUT2D eigenvalue weighted by Crippen LogP contribution is -2.30. The summed E-state index contributed by atoms with van der Waals surface area (Å²) in [5.74, 6) is 0.657. The van der Waals surface area contributed by atoms with Gasteiger partial charge in [-0.1, -0.05) is 30.3 Å². The van der Waals surface area contributed by atoms with E-state index in [1.54, 1.807) is 0 Å². The van der Waals surface area contributed by atoms with E-state index in [1.807, 2.05) is 36.4 Å². The molecule has 0 spiro atoms. The molecule has 1 heterocycles. The SMILES string of the molecule is N[C@@H]1CCOc2c(ccc3ccccc23)C1=O. The van der Waals surface area contributed by atoms with Gasteiger partial charge in [-0.05, 0) is 11.5 Å². The summed E-state index contributed by atoms with van der Waals surface area (Å²) >= 11 is 0. The van der Waals surface area contributed by atoms with E-state index in [1.165, 1.54) is 0 Å². The van der Waals surface area contributed by atoms with Crippen LogP contribution in [0.5, 0.6) is 5.75 Å². The Balaban J connectivity index is 2.29. The number of carbonyl (C=O) groups excluding carboxylic acids is 1. The minimum absolute atomic E-state index is 0.0248. The third-order valence-electron chi connectivity index (χ3n) is 3.16. The van der Waals surface area contributed by atoms with Crippen LogP contribution in [-0.4, -0.2) is 18.4 Å². The second kappa shape index (κ2) is 3.86. The van der Waals surface area contributed by atoms with Crippen molar-refractivity contribution in [2.75, 3.05) is 6.61 Å². The fraction of sp³-hybridized carbons (Fsp3) is 0.214. The molecule has 3 heteroatoms. The van der Waals surface area contributed by atoms with Crippen molar-refractivity contribution < 1.29 is 9.53 Å². The Labute approximate surface area is 99.2 Å². The Morgan fingerprint density at radius 2 is 2.00 bits per heavy atom. The zero-order valence-corrected chi connectivity index (χ0v) is 9.35. The molecule has 86 valence electrons. The third-order valence-corrected chi connectivity index (χ3v) is 3.16. The molecule has 3 nitrogen and oxygen atoms in total. The first kappa shape index (κ1) is 10.3. The van der Waals surface area contributed by atoms with Crippen molar-refractivity contribution in [3.63, 3.8) is 0 Å². The van der Waals surface area contributed by atoms with Gasteiger partial charge in [-0.15, -0.1) is 0 Å². The van der Waals surface area contributed by atoms with Crippen molar-refractivity contribution in [1.29, 1.82) is 0 Å². The van der Waals surface area contributed by atoms with Gasteiger partial charge < -0.3 is 10.5 Å². The van der Waals surface area contributed by atoms with Crippen molar-refractivity contribution in [2.45, 2.75) is 12.5 Å². The molecule has 0 saturated heterocycles. The highest BCUT2D eigenvalue weighted by Crippen LogP contribution is 2.32. The van der Waals surface area contributed by atoms with Crippen molar-refractivity contribution in [1.82, 2.24) is 0 Å². The Morgan fingerprint density at radius 3 is 2.88 bits per heavy atom. The molecule has 0 amide bonds. The Kier molecular flexibility index (Phi) is 2.34. The number of fused-ring (bicyclic) bond motifs is 3. The topological polar surface area (TPSA) is 52.3 Å². The molecule has 1 atom stereocenters. The molecule has 0 bridgehead atoms. The van der Waals surface area contributed by atoms with Crippen LogP contribution in [0, 0.1) is 0 Å². The molecule has 17 heavy (non-hydrogen) atoms. The molecule has 3 rings (SSSR count). The lowest BCUT2D eigenvalue weighted by Gasteiger charge is -2.09. The summed E-state index contributed by atoms with van der Waals surface area (Å²) in [7, 11) is 0. The average Bonchev–Trinajstić information content (AvgIpc) is 2.51. The largest absolute Gasteiger partial charge is 0.492 e. The maximum Gasteiger partial charge on any atom is 0.183 e. The van der Waals surface area contributed by atoms with Crippen LogP contribution in [0.15, 0.2) is 36.4 Å². The van der Waals surface area contributed by atoms with Gasteiger partial charge in [0.1, 0.15) is 5.75 Å². The zero-order valence-electron chi connectivity index (χ0n) is 9.35. The van der Waals surface area contributed by atoms with E-state index in [0.29, 0.717) is 24.3 Å². The fourth-order valence-electron chi connectivity index (χ4n) is 2.21. The van der Waals surface area contributed by atoms with Crippen LogP contribution in [0.3, 0.4) is 0 Å². The average molecular weight is 227 g/mol. The van der Waals surface area contributed by atoms with E-state index in [4.69, 9.17) is 10.5 Å². The second-order valence-corrected chi connectivity index (χ2v) is 4.27. The van der Waals surface area contributed by atoms with Gasteiger partial charge in [0, 0.05) is 11.8 Å². The van der Waals surface area contributed by atoms with Crippen molar-refractivity contribution >= 4 is 16.6 Å². The van der Waals surface area contributed by atoms with Crippen LogP contribution in [0.2, 0.25) is 0 Å². The van der Waals surface area contributed by atoms with Crippen LogP contribution >= 0.6 is 0 Å².